The van der Waals surface area contributed by atoms with E-state index in [9.17, 15) is 9.18 Å². The number of ether oxygens (including phenoxy) is 3. The molecule has 0 unspecified atom stereocenters. The first-order valence-electron chi connectivity index (χ1n) is 12.3. The first-order valence-corrected chi connectivity index (χ1v) is 12.7. The van der Waals surface area contributed by atoms with Crippen molar-refractivity contribution in [1.82, 2.24) is 4.98 Å². The monoisotopic (exact) mass is 557 g/mol. The highest BCUT2D eigenvalue weighted by Gasteiger charge is 2.14. The Kier molecular flexibility index (Phi) is 7.98. The molecule has 0 aliphatic heterocycles. The Hall–Kier alpha value is -4.82. The molecule has 0 aliphatic carbocycles. The van der Waals surface area contributed by atoms with Crippen LogP contribution in [0.25, 0.3) is 10.9 Å². The molecule has 0 bridgehead atoms. The number of hydrogen-bond acceptors (Lipinski definition) is 5. The van der Waals surface area contributed by atoms with E-state index in [1.165, 1.54) is 6.07 Å². The summed E-state index contributed by atoms with van der Waals surface area (Å²) in [5, 5.41) is 6.07. The number of fused-ring (bicyclic) bond motifs is 1. The number of benzene rings is 4. The molecule has 0 radical (unpaired) electrons. The Morgan fingerprint density at radius 1 is 0.900 bits per heavy atom. The van der Waals surface area contributed by atoms with Gasteiger partial charge in [0.05, 0.1) is 29.0 Å². The van der Waals surface area contributed by atoms with Crippen LogP contribution in [-0.4, -0.2) is 18.1 Å². The van der Waals surface area contributed by atoms with Crippen LogP contribution in [0.15, 0.2) is 91.1 Å². The first-order chi connectivity index (χ1) is 19.4. The SMILES string of the molecule is COc1cc2c(Oc3ccc(NC(=O)Nc4cc(C)ccc4F)c(Cl)c3)ccnc2cc1OCc1ccccc1. The molecule has 202 valence electrons. The number of anilines is 2. The van der Waals surface area contributed by atoms with E-state index >= 15 is 0 Å². The third-order valence-corrected chi connectivity index (χ3v) is 6.32. The fraction of sp³-hybridized carbons (Fsp3) is 0.0968. The maximum absolute atomic E-state index is 14.0. The fourth-order valence-electron chi connectivity index (χ4n) is 4.02. The van der Waals surface area contributed by atoms with Crippen molar-refractivity contribution in [2.45, 2.75) is 13.5 Å². The molecule has 1 heterocycles. The lowest BCUT2D eigenvalue weighted by Gasteiger charge is -2.15. The van der Waals surface area contributed by atoms with Crippen molar-refractivity contribution in [2.75, 3.05) is 17.7 Å². The summed E-state index contributed by atoms with van der Waals surface area (Å²) < 4.78 is 31.7. The van der Waals surface area contributed by atoms with Gasteiger partial charge in [0.2, 0.25) is 0 Å². The van der Waals surface area contributed by atoms with Gasteiger partial charge in [-0.15, -0.1) is 0 Å². The molecule has 4 aromatic carbocycles. The molecule has 0 aliphatic rings. The molecule has 1 aromatic heterocycles. The number of carbonyl (C=O) groups excluding carboxylic acids is 1. The molecular weight excluding hydrogens is 533 g/mol. The molecule has 9 heteroatoms. The van der Waals surface area contributed by atoms with Gasteiger partial charge in [0, 0.05) is 23.7 Å². The van der Waals surface area contributed by atoms with E-state index in [2.05, 4.69) is 15.6 Å². The van der Waals surface area contributed by atoms with E-state index in [0.717, 1.165) is 11.1 Å². The Morgan fingerprint density at radius 2 is 1.70 bits per heavy atom. The summed E-state index contributed by atoms with van der Waals surface area (Å²) in [4.78, 5) is 16.9. The number of nitrogens with zero attached hydrogens (tertiary/aromatic N) is 1. The van der Waals surface area contributed by atoms with Crippen LogP contribution in [0.3, 0.4) is 0 Å². The Morgan fingerprint density at radius 3 is 2.48 bits per heavy atom. The molecule has 0 saturated heterocycles. The van der Waals surface area contributed by atoms with Gasteiger partial charge in [0.15, 0.2) is 11.5 Å². The number of nitrogens with one attached hydrogen (secondary N) is 2. The second-order valence-corrected chi connectivity index (χ2v) is 9.32. The van der Waals surface area contributed by atoms with Gasteiger partial charge < -0.3 is 24.8 Å². The van der Waals surface area contributed by atoms with Crippen LogP contribution in [-0.2, 0) is 6.61 Å². The Bertz CT molecular complexity index is 1680. The number of amides is 2. The Labute approximate surface area is 235 Å². The molecule has 0 spiro atoms. The van der Waals surface area contributed by atoms with Crippen LogP contribution in [0.1, 0.15) is 11.1 Å². The number of urea groups is 1. The minimum Gasteiger partial charge on any atom is -0.493 e. The van der Waals surface area contributed by atoms with Crippen molar-refractivity contribution in [3.8, 4) is 23.0 Å². The number of pyridine rings is 1. The summed E-state index contributed by atoms with van der Waals surface area (Å²) in [6.45, 7) is 2.19. The van der Waals surface area contributed by atoms with Gasteiger partial charge in [-0.1, -0.05) is 48.0 Å². The van der Waals surface area contributed by atoms with E-state index in [4.69, 9.17) is 25.8 Å². The van der Waals surface area contributed by atoms with Crippen LogP contribution in [0.4, 0.5) is 20.6 Å². The highest BCUT2D eigenvalue weighted by atomic mass is 35.5. The van der Waals surface area contributed by atoms with Gasteiger partial charge in [-0.2, -0.15) is 0 Å². The number of aryl methyl sites for hydroxylation is 1. The summed E-state index contributed by atoms with van der Waals surface area (Å²) in [6.07, 6.45) is 1.64. The largest absolute Gasteiger partial charge is 0.493 e. The van der Waals surface area contributed by atoms with E-state index in [0.29, 0.717) is 46.2 Å². The van der Waals surface area contributed by atoms with Crippen molar-refractivity contribution in [2.24, 2.45) is 0 Å². The third-order valence-electron chi connectivity index (χ3n) is 6.01. The van der Waals surface area contributed by atoms with Crippen LogP contribution >= 0.6 is 11.6 Å². The van der Waals surface area contributed by atoms with Gasteiger partial charge in [0.1, 0.15) is 23.9 Å². The molecular formula is C31H25ClFN3O4. The Balaban J connectivity index is 1.32. The number of methoxy groups -OCH3 is 1. The summed E-state index contributed by atoms with van der Waals surface area (Å²) in [6, 6.07) is 23.8. The maximum atomic E-state index is 14.0. The number of carbonyl (C=O) groups is 1. The van der Waals surface area contributed by atoms with E-state index in [1.807, 2.05) is 36.4 Å². The van der Waals surface area contributed by atoms with E-state index in [1.54, 1.807) is 62.7 Å². The molecule has 0 atom stereocenters. The summed E-state index contributed by atoms with van der Waals surface area (Å²) >= 11 is 6.43. The predicted molar refractivity (Wildman–Crippen MR) is 154 cm³/mol. The molecule has 2 amide bonds. The summed E-state index contributed by atoms with van der Waals surface area (Å²) in [5.41, 5.74) is 2.91. The fourth-order valence-corrected chi connectivity index (χ4v) is 4.24. The van der Waals surface area contributed by atoms with Crippen molar-refractivity contribution < 1.29 is 23.4 Å². The molecule has 7 nitrogen and oxygen atoms in total. The molecule has 2 N–H and O–H groups in total. The maximum Gasteiger partial charge on any atom is 0.323 e. The normalized spacial score (nSPS) is 10.7. The number of aromatic nitrogens is 1. The van der Waals surface area contributed by atoms with Crippen molar-refractivity contribution in [3.63, 3.8) is 0 Å². The van der Waals surface area contributed by atoms with Gasteiger partial charge in [0.25, 0.3) is 0 Å². The average molecular weight is 558 g/mol. The zero-order valence-electron chi connectivity index (χ0n) is 21.7. The first kappa shape index (κ1) is 26.8. The van der Waals surface area contributed by atoms with Crippen molar-refractivity contribution >= 4 is 39.9 Å². The average Bonchev–Trinajstić information content (AvgIpc) is 2.95. The van der Waals surface area contributed by atoms with Crippen LogP contribution in [0.5, 0.6) is 23.0 Å². The minimum absolute atomic E-state index is 0.0715. The molecule has 40 heavy (non-hydrogen) atoms. The van der Waals surface area contributed by atoms with Gasteiger partial charge in [-0.3, -0.25) is 4.98 Å². The predicted octanol–water partition coefficient (Wildman–Crippen LogP) is 8.36. The lowest BCUT2D eigenvalue weighted by molar-refractivity contribution is 0.262. The number of rotatable bonds is 8. The highest BCUT2D eigenvalue weighted by Crippen LogP contribution is 2.38. The second-order valence-electron chi connectivity index (χ2n) is 8.91. The smallest absolute Gasteiger partial charge is 0.323 e. The molecule has 0 fully saturated rings. The minimum atomic E-state index is -0.627. The zero-order valence-corrected chi connectivity index (χ0v) is 22.5. The summed E-state index contributed by atoms with van der Waals surface area (Å²) in [7, 11) is 1.57. The lowest BCUT2D eigenvalue weighted by atomic mass is 10.1. The number of halogens is 2. The van der Waals surface area contributed by atoms with Crippen LogP contribution in [0.2, 0.25) is 5.02 Å². The topological polar surface area (TPSA) is 81.7 Å². The molecule has 5 rings (SSSR count). The van der Waals surface area contributed by atoms with Crippen LogP contribution in [0, 0.1) is 12.7 Å². The quantitative estimate of drug-likeness (QED) is 0.200. The van der Waals surface area contributed by atoms with E-state index in [-0.39, 0.29) is 10.7 Å². The van der Waals surface area contributed by atoms with Gasteiger partial charge >= 0.3 is 6.03 Å². The van der Waals surface area contributed by atoms with Crippen LogP contribution < -0.4 is 24.8 Å². The van der Waals surface area contributed by atoms with Gasteiger partial charge in [-0.25, -0.2) is 9.18 Å². The lowest BCUT2D eigenvalue weighted by Crippen LogP contribution is -2.20. The molecule has 0 saturated carbocycles. The second kappa shape index (κ2) is 11.9. The molecule has 5 aromatic rings. The summed E-state index contributed by atoms with van der Waals surface area (Å²) in [5.74, 6) is 1.53. The van der Waals surface area contributed by atoms with E-state index < -0.39 is 11.8 Å². The standard InChI is InChI=1S/C31H25ClFN3O4/c1-19-8-10-24(33)27(14-19)36-31(37)35-25-11-9-21(15-23(25)32)40-28-12-13-34-26-17-30(29(38-2)16-22(26)28)39-18-20-6-4-3-5-7-20/h3-17H,18H2,1-2H3,(H2,35,36,37). The van der Waals surface area contributed by atoms with Crippen molar-refractivity contribution in [3.05, 3.63) is 113 Å². The van der Waals surface area contributed by atoms with Crippen molar-refractivity contribution in [1.29, 1.82) is 0 Å². The number of hydrogen-bond donors (Lipinski definition) is 2. The highest BCUT2D eigenvalue weighted by molar-refractivity contribution is 6.34. The third kappa shape index (κ3) is 6.24. The van der Waals surface area contributed by atoms with Gasteiger partial charge in [-0.05, 0) is 54.4 Å². The zero-order chi connectivity index (χ0) is 28.1.